The van der Waals surface area contributed by atoms with E-state index in [1.807, 2.05) is 29.2 Å². The fourth-order valence-electron chi connectivity index (χ4n) is 5.32. The molecule has 1 aliphatic heterocycles. The molecule has 2 aromatic carbocycles. The van der Waals surface area contributed by atoms with Crippen molar-refractivity contribution >= 4 is 34.9 Å². The van der Waals surface area contributed by atoms with Crippen molar-refractivity contribution in [3.8, 4) is 0 Å². The number of hydrogen-bond donors (Lipinski definition) is 0. The third kappa shape index (κ3) is 5.97. The largest absolute Gasteiger partial charge is 0.462 e. The van der Waals surface area contributed by atoms with Gasteiger partial charge in [-0.2, -0.15) is 0 Å². The molecule has 1 unspecified atom stereocenters. The van der Waals surface area contributed by atoms with Gasteiger partial charge in [0.2, 0.25) is 11.9 Å². The average Bonchev–Trinajstić information content (AvgIpc) is 3.35. The maximum Gasteiger partial charge on any atom is 0.369 e. The summed E-state index contributed by atoms with van der Waals surface area (Å²) in [6.07, 6.45) is 1.19. The van der Waals surface area contributed by atoms with E-state index in [1.54, 1.807) is 26.1 Å². The number of halogens is 1. The van der Waals surface area contributed by atoms with E-state index in [0.717, 1.165) is 34.0 Å². The van der Waals surface area contributed by atoms with Crippen LogP contribution in [0, 0.1) is 5.82 Å². The van der Waals surface area contributed by atoms with E-state index in [-0.39, 0.29) is 24.4 Å². The molecule has 0 aliphatic carbocycles. The average molecular weight is 577 g/mol. The molecule has 1 atom stereocenters. The maximum atomic E-state index is 13.5. The zero-order chi connectivity index (χ0) is 29.8. The summed E-state index contributed by atoms with van der Waals surface area (Å²) < 4.78 is 27.1. The van der Waals surface area contributed by atoms with Gasteiger partial charge in [-0.25, -0.2) is 23.7 Å². The van der Waals surface area contributed by atoms with E-state index < -0.39 is 23.7 Å². The van der Waals surface area contributed by atoms with Gasteiger partial charge in [-0.1, -0.05) is 24.3 Å². The summed E-state index contributed by atoms with van der Waals surface area (Å²) in [5.41, 5.74) is 2.29. The summed E-state index contributed by atoms with van der Waals surface area (Å²) in [6.45, 7) is 4.73. The van der Waals surface area contributed by atoms with Crippen LogP contribution in [-0.2, 0) is 25.6 Å². The fourth-order valence-corrected chi connectivity index (χ4v) is 5.32. The second-order valence-corrected chi connectivity index (χ2v) is 10.1. The molecule has 12 heteroatoms. The molecule has 42 heavy (non-hydrogen) atoms. The van der Waals surface area contributed by atoms with E-state index in [0.29, 0.717) is 32.5 Å². The van der Waals surface area contributed by atoms with Crippen LogP contribution in [0.3, 0.4) is 0 Å². The second-order valence-electron chi connectivity index (χ2n) is 10.1. The summed E-state index contributed by atoms with van der Waals surface area (Å²) in [6, 6.07) is 15.6. The Hall–Kier alpha value is -4.74. The molecular weight excluding hydrogens is 543 g/mol. The Kier molecular flexibility index (Phi) is 8.51. The smallest absolute Gasteiger partial charge is 0.369 e. The molecule has 2 aromatic heterocycles. The number of nitrogens with zero attached hydrogens (tertiary/aromatic N) is 6. The zero-order valence-corrected chi connectivity index (χ0v) is 23.8. The lowest BCUT2D eigenvalue weighted by atomic mass is 10.0. The first-order chi connectivity index (χ1) is 20.3. The molecule has 220 valence electrons. The Morgan fingerprint density at radius 1 is 1.10 bits per heavy atom. The number of hydrogen-bond acceptors (Lipinski definition) is 9. The highest BCUT2D eigenvalue weighted by molar-refractivity contribution is 5.79. The van der Waals surface area contributed by atoms with Gasteiger partial charge in [0.1, 0.15) is 5.82 Å². The Balaban J connectivity index is 1.39. The van der Waals surface area contributed by atoms with Crippen LogP contribution >= 0.6 is 0 Å². The summed E-state index contributed by atoms with van der Waals surface area (Å²) in [7, 11) is 1.80. The van der Waals surface area contributed by atoms with Gasteiger partial charge < -0.3 is 23.8 Å². The third-order valence-corrected chi connectivity index (χ3v) is 7.36. The van der Waals surface area contributed by atoms with Crippen LogP contribution in [0.1, 0.15) is 38.5 Å². The van der Waals surface area contributed by atoms with Crippen molar-refractivity contribution in [3.05, 3.63) is 82.5 Å². The molecule has 5 rings (SSSR count). The summed E-state index contributed by atoms with van der Waals surface area (Å²) in [5.74, 6) is -0.834. The molecule has 0 N–H and O–H groups in total. The van der Waals surface area contributed by atoms with E-state index in [1.165, 1.54) is 24.4 Å². The van der Waals surface area contributed by atoms with E-state index in [4.69, 9.17) is 14.5 Å². The number of benzene rings is 2. The Morgan fingerprint density at radius 2 is 1.81 bits per heavy atom. The van der Waals surface area contributed by atoms with Crippen LogP contribution in [0.5, 0.6) is 0 Å². The third-order valence-electron chi connectivity index (χ3n) is 7.36. The minimum absolute atomic E-state index is 0.0306. The van der Waals surface area contributed by atoms with Gasteiger partial charge >= 0.3 is 11.9 Å². The highest BCUT2D eigenvalue weighted by Gasteiger charge is 2.33. The lowest BCUT2D eigenvalue weighted by Gasteiger charge is -2.38. The molecule has 1 aliphatic rings. The van der Waals surface area contributed by atoms with E-state index >= 15 is 0 Å². The molecule has 0 spiro atoms. The van der Waals surface area contributed by atoms with Crippen LogP contribution in [0.2, 0.25) is 0 Å². The first-order valence-corrected chi connectivity index (χ1v) is 13.9. The molecule has 3 heterocycles. The van der Waals surface area contributed by atoms with Gasteiger partial charge in [0.25, 0.3) is 11.8 Å². The number of ether oxygens (including phenoxy) is 2. The van der Waals surface area contributed by atoms with Gasteiger partial charge in [-0.3, -0.25) is 9.59 Å². The second kappa shape index (κ2) is 12.4. The standard InChI is InChI=1S/C30H33FN6O5/c1-4-41-28(40)27(42-20(2)38)37-26(39)13-16-32-29(37)34(3)23-14-17-35(18-15-23)30-33-24-7-5-6-8-25(24)36(30)19-21-9-11-22(31)12-10-21/h5-13,16,23,27H,4,14-15,17-19H2,1-3H3. The molecule has 0 radical (unpaired) electrons. The normalized spacial score (nSPS) is 14.5. The SMILES string of the molecule is CCOC(=O)C(OC(C)=O)n1c(N(C)C2CCN(c3nc4ccccc4n3Cc3ccc(F)cc3)CC2)nccc1=O. The minimum Gasteiger partial charge on any atom is -0.462 e. The number of anilines is 2. The number of para-hydroxylation sites is 2. The molecule has 1 saturated heterocycles. The van der Waals surface area contributed by atoms with Crippen molar-refractivity contribution in [2.24, 2.45) is 0 Å². The van der Waals surface area contributed by atoms with Gasteiger partial charge in [0, 0.05) is 45.4 Å². The number of rotatable bonds is 9. The van der Waals surface area contributed by atoms with Gasteiger partial charge in [0.15, 0.2) is 0 Å². The summed E-state index contributed by atoms with van der Waals surface area (Å²) in [4.78, 5) is 50.8. The number of fused-ring (bicyclic) bond motifs is 1. The molecular formula is C30H33FN6O5. The monoisotopic (exact) mass is 576 g/mol. The number of esters is 2. The highest BCUT2D eigenvalue weighted by atomic mass is 19.1. The van der Waals surface area contributed by atoms with Crippen molar-refractivity contribution in [3.63, 3.8) is 0 Å². The number of imidazole rings is 1. The van der Waals surface area contributed by atoms with Gasteiger partial charge in [-0.05, 0) is 49.6 Å². The predicted molar refractivity (Wildman–Crippen MR) is 155 cm³/mol. The summed E-state index contributed by atoms with van der Waals surface area (Å²) >= 11 is 0. The first-order valence-electron chi connectivity index (χ1n) is 13.9. The quantitative estimate of drug-likeness (QED) is 0.276. The van der Waals surface area contributed by atoms with Crippen molar-refractivity contribution in [2.45, 2.75) is 45.5 Å². The molecule has 1 fully saturated rings. The maximum absolute atomic E-state index is 13.5. The number of piperidine rings is 1. The molecule has 0 amide bonds. The summed E-state index contributed by atoms with van der Waals surface area (Å²) in [5, 5.41) is 0. The van der Waals surface area contributed by atoms with Crippen LogP contribution < -0.4 is 15.4 Å². The van der Waals surface area contributed by atoms with Crippen molar-refractivity contribution in [1.82, 2.24) is 19.1 Å². The van der Waals surface area contributed by atoms with E-state index in [9.17, 15) is 18.8 Å². The first kappa shape index (κ1) is 28.8. The topological polar surface area (TPSA) is 112 Å². The number of carbonyl (C=O) groups excluding carboxylic acids is 2. The Labute approximate surface area is 242 Å². The van der Waals surface area contributed by atoms with Crippen molar-refractivity contribution < 1.29 is 23.5 Å². The number of aromatic nitrogens is 4. The fraction of sp³-hybridized carbons (Fsp3) is 0.367. The zero-order valence-electron chi connectivity index (χ0n) is 23.8. The van der Waals surface area contributed by atoms with Crippen molar-refractivity contribution in [2.75, 3.05) is 36.5 Å². The van der Waals surface area contributed by atoms with Gasteiger partial charge in [0.05, 0.1) is 24.2 Å². The molecule has 11 nitrogen and oxygen atoms in total. The van der Waals surface area contributed by atoms with Gasteiger partial charge in [-0.15, -0.1) is 0 Å². The van der Waals surface area contributed by atoms with Crippen LogP contribution in [-0.4, -0.2) is 63.8 Å². The Morgan fingerprint density at radius 3 is 2.50 bits per heavy atom. The lowest BCUT2D eigenvalue weighted by Crippen LogP contribution is -2.47. The van der Waals surface area contributed by atoms with Crippen LogP contribution in [0.25, 0.3) is 11.0 Å². The van der Waals surface area contributed by atoms with E-state index in [2.05, 4.69) is 14.5 Å². The molecule has 0 bridgehead atoms. The predicted octanol–water partition coefficient (Wildman–Crippen LogP) is 3.51. The molecule has 0 saturated carbocycles. The minimum atomic E-state index is -1.59. The highest BCUT2D eigenvalue weighted by Crippen LogP contribution is 2.29. The Bertz CT molecular complexity index is 1630. The lowest BCUT2D eigenvalue weighted by molar-refractivity contribution is -0.173. The van der Waals surface area contributed by atoms with Crippen LogP contribution in [0.15, 0.2) is 65.6 Å². The van der Waals surface area contributed by atoms with Crippen LogP contribution in [0.4, 0.5) is 16.3 Å². The van der Waals surface area contributed by atoms with Crippen molar-refractivity contribution in [1.29, 1.82) is 0 Å². The number of carbonyl (C=O) groups is 2. The molecule has 4 aromatic rings.